The Morgan fingerprint density at radius 1 is 1.07 bits per heavy atom. The van der Waals surface area contributed by atoms with Gasteiger partial charge in [0, 0.05) is 40.0 Å². The molecule has 0 saturated carbocycles. The number of carbonyl (C=O) groups is 3. The molecule has 1 aromatic heterocycles. The second kappa shape index (κ2) is 12.6. The van der Waals surface area contributed by atoms with Crippen LogP contribution in [-0.4, -0.2) is 50.3 Å². The number of anilines is 1. The van der Waals surface area contributed by atoms with E-state index in [0.717, 1.165) is 16.5 Å². The zero-order valence-corrected chi connectivity index (χ0v) is 25.0. The van der Waals surface area contributed by atoms with Crippen LogP contribution < -0.4 is 4.72 Å². The minimum Gasteiger partial charge on any atom is -0.469 e. The topological polar surface area (TPSA) is 142 Å². The number of benzene rings is 3. The van der Waals surface area contributed by atoms with Crippen molar-refractivity contribution in [2.24, 2.45) is 5.16 Å². The van der Waals surface area contributed by atoms with Gasteiger partial charge < -0.3 is 18.9 Å². The van der Waals surface area contributed by atoms with Crippen LogP contribution in [-0.2, 0) is 33.9 Å². The Kier molecular flexibility index (Phi) is 8.63. The standard InChI is InChI=1S/C32H29N3O8S/c1-4-42-31(37)22-8-7-9-25(17-22)44(39,40)34-24-14-12-21(13-15-24)30-27(32(38)43-33-30)18-23-19-35(20(2)16-29(36)41-3)28-11-6-5-10-26(23)28/h5-15,17-20,34H,4,16H2,1-3H3/b27-18-. The lowest BCUT2D eigenvalue weighted by Gasteiger charge is -2.13. The molecule has 0 bridgehead atoms. The van der Waals surface area contributed by atoms with Gasteiger partial charge in [0.15, 0.2) is 0 Å². The van der Waals surface area contributed by atoms with Crippen LogP contribution in [0.5, 0.6) is 0 Å². The van der Waals surface area contributed by atoms with Crippen molar-refractivity contribution in [3.05, 3.63) is 101 Å². The Balaban J connectivity index is 1.40. The Morgan fingerprint density at radius 3 is 2.55 bits per heavy atom. The number of ether oxygens (including phenoxy) is 2. The summed E-state index contributed by atoms with van der Waals surface area (Å²) < 4.78 is 40.3. The molecule has 0 fully saturated rings. The number of rotatable bonds is 10. The highest BCUT2D eigenvalue weighted by Gasteiger charge is 2.28. The summed E-state index contributed by atoms with van der Waals surface area (Å²) in [5.74, 6) is -1.59. The molecule has 2 heterocycles. The van der Waals surface area contributed by atoms with Crippen LogP contribution >= 0.6 is 0 Å². The van der Waals surface area contributed by atoms with E-state index >= 15 is 0 Å². The van der Waals surface area contributed by atoms with Gasteiger partial charge in [0.2, 0.25) is 0 Å². The molecule has 1 atom stereocenters. The number of aromatic nitrogens is 1. The number of oxime groups is 1. The molecule has 0 aliphatic carbocycles. The molecule has 12 heteroatoms. The van der Waals surface area contributed by atoms with Gasteiger partial charge in [0.05, 0.1) is 36.2 Å². The molecule has 44 heavy (non-hydrogen) atoms. The zero-order valence-electron chi connectivity index (χ0n) is 24.1. The Hall–Kier alpha value is -5.23. The van der Waals surface area contributed by atoms with Gasteiger partial charge in [-0.15, -0.1) is 0 Å². The van der Waals surface area contributed by atoms with Crippen LogP contribution in [0.4, 0.5) is 5.69 Å². The normalized spacial score (nSPS) is 14.7. The highest BCUT2D eigenvalue weighted by atomic mass is 32.2. The minimum absolute atomic E-state index is 0.100. The number of sulfonamides is 1. The molecule has 1 aliphatic rings. The molecule has 226 valence electrons. The summed E-state index contributed by atoms with van der Waals surface area (Å²) in [4.78, 5) is 41.6. The molecule has 0 saturated heterocycles. The second-order valence-electron chi connectivity index (χ2n) is 9.95. The number of fused-ring (bicyclic) bond motifs is 1. The molecule has 3 aromatic carbocycles. The minimum atomic E-state index is -4.02. The van der Waals surface area contributed by atoms with E-state index in [4.69, 9.17) is 14.3 Å². The van der Waals surface area contributed by atoms with E-state index in [2.05, 4.69) is 9.88 Å². The number of esters is 2. The number of para-hydroxylation sites is 1. The van der Waals surface area contributed by atoms with Gasteiger partial charge in [-0.3, -0.25) is 9.52 Å². The zero-order chi connectivity index (χ0) is 31.4. The Labute approximate surface area is 253 Å². The summed E-state index contributed by atoms with van der Waals surface area (Å²) in [6, 6.07) is 19.3. The van der Waals surface area contributed by atoms with Crippen LogP contribution in [0, 0.1) is 0 Å². The summed E-state index contributed by atoms with van der Waals surface area (Å²) >= 11 is 0. The maximum absolute atomic E-state index is 13.0. The molecule has 0 amide bonds. The Morgan fingerprint density at radius 2 is 1.82 bits per heavy atom. The summed E-state index contributed by atoms with van der Waals surface area (Å²) in [5, 5.41) is 4.85. The maximum Gasteiger partial charge on any atom is 0.368 e. The third-order valence-electron chi connectivity index (χ3n) is 7.00. The highest BCUT2D eigenvalue weighted by Crippen LogP contribution is 2.30. The van der Waals surface area contributed by atoms with Crippen LogP contribution in [0.3, 0.4) is 0 Å². The summed E-state index contributed by atoms with van der Waals surface area (Å²) in [6.45, 7) is 3.74. The van der Waals surface area contributed by atoms with Gasteiger partial charge in [-0.05, 0) is 56.3 Å². The first-order chi connectivity index (χ1) is 21.1. The number of nitrogens with zero attached hydrogens (tertiary/aromatic N) is 2. The predicted octanol–water partition coefficient (Wildman–Crippen LogP) is 5.09. The fourth-order valence-electron chi connectivity index (χ4n) is 4.82. The predicted molar refractivity (Wildman–Crippen MR) is 164 cm³/mol. The average Bonchev–Trinajstić information content (AvgIpc) is 3.58. The lowest BCUT2D eigenvalue weighted by atomic mass is 10.0. The van der Waals surface area contributed by atoms with E-state index in [1.807, 2.05) is 42.0 Å². The number of hydrogen-bond donors (Lipinski definition) is 1. The largest absolute Gasteiger partial charge is 0.469 e. The number of methoxy groups -OCH3 is 1. The molecule has 4 aromatic rings. The quantitative estimate of drug-likeness (QED) is 0.148. The SMILES string of the molecule is CCOC(=O)c1cccc(S(=O)(=O)Nc2ccc(C3=NOC(=O)/C3=C\c3cn(C(C)CC(=O)OC)c4ccccc34)cc2)c1. The summed E-state index contributed by atoms with van der Waals surface area (Å²) in [5.41, 5.74) is 3.02. The van der Waals surface area contributed by atoms with Gasteiger partial charge in [0.25, 0.3) is 10.0 Å². The van der Waals surface area contributed by atoms with E-state index in [1.54, 1.807) is 25.1 Å². The maximum atomic E-state index is 13.0. The first-order valence-electron chi connectivity index (χ1n) is 13.7. The van der Waals surface area contributed by atoms with Crippen molar-refractivity contribution in [2.45, 2.75) is 31.2 Å². The fourth-order valence-corrected chi connectivity index (χ4v) is 5.93. The lowest BCUT2D eigenvalue weighted by molar-refractivity contribution is -0.141. The van der Waals surface area contributed by atoms with Crippen molar-refractivity contribution in [2.75, 3.05) is 18.4 Å². The van der Waals surface area contributed by atoms with Crippen LogP contribution in [0.1, 0.15) is 47.8 Å². The molecule has 1 aliphatic heterocycles. The third-order valence-corrected chi connectivity index (χ3v) is 8.38. The van der Waals surface area contributed by atoms with Gasteiger partial charge >= 0.3 is 17.9 Å². The number of carbonyl (C=O) groups excluding carboxylic acids is 3. The van der Waals surface area contributed by atoms with Gasteiger partial charge in [0.1, 0.15) is 5.71 Å². The average molecular weight is 616 g/mol. The second-order valence-corrected chi connectivity index (χ2v) is 11.6. The van der Waals surface area contributed by atoms with Crippen molar-refractivity contribution in [1.29, 1.82) is 0 Å². The van der Waals surface area contributed by atoms with Crippen molar-refractivity contribution in [3.8, 4) is 0 Å². The molecule has 0 radical (unpaired) electrons. The first-order valence-corrected chi connectivity index (χ1v) is 15.2. The van der Waals surface area contributed by atoms with E-state index in [-0.39, 0.29) is 52.5 Å². The van der Waals surface area contributed by atoms with Gasteiger partial charge in [-0.1, -0.05) is 41.6 Å². The van der Waals surface area contributed by atoms with Crippen molar-refractivity contribution in [3.63, 3.8) is 0 Å². The summed E-state index contributed by atoms with van der Waals surface area (Å²) in [7, 11) is -2.67. The highest BCUT2D eigenvalue weighted by molar-refractivity contribution is 7.92. The lowest BCUT2D eigenvalue weighted by Crippen LogP contribution is -2.14. The van der Waals surface area contributed by atoms with Gasteiger partial charge in [-0.25, -0.2) is 18.0 Å². The molecule has 11 nitrogen and oxygen atoms in total. The van der Waals surface area contributed by atoms with Crippen LogP contribution in [0.25, 0.3) is 17.0 Å². The third kappa shape index (κ3) is 6.25. The molecular formula is C32H29N3O8S. The first kappa shape index (κ1) is 30.2. The molecule has 1 unspecified atom stereocenters. The fraction of sp³-hybridized carbons (Fsp3) is 0.188. The smallest absolute Gasteiger partial charge is 0.368 e. The molecule has 0 spiro atoms. The number of hydrogen-bond acceptors (Lipinski definition) is 9. The van der Waals surface area contributed by atoms with Crippen molar-refractivity contribution >= 4 is 56.3 Å². The molecule has 5 rings (SSSR count). The molecule has 1 N–H and O–H groups in total. The van der Waals surface area contributed by atoms with Crippen molar-refractivity contribution in [1.82, 2.24) is 4.57 Å². The Bertz CT molecular complexity index is 1920. The molecular weight excluding hydrogens is 586 g/mol. The van der Waals surface area contributed by atoms with Crippen LogP contribution in [0.2, 0.25) is 0 Å². The number of nitrogens with one attached hydrogen (secondary N) is 1. The van der Waals surface area contributed by atoms with Crippen LogP contribution in [0.15, 0.2) is 94.6 Å². The van der Waals surface area contributed by atoms with Gasteiger partial charge in [-0.2, -0.15) is 0 Å². The van der Waals surface area contributed by atoms with E-state index in [0.29, 0.717) is 5.56 Å². The van der Waals surface area contributed by atoms with Crippen molar-refractivity contribution < 1.29 is 37.1 Å². The monoisotopic (exact) mass is 615 g/mol. The van der Waals surface area contributed by atoms with E-state index in [1.165, 1.54) is 43.5 Å². The summed E-state index contributed by atoms with van der Waals surface area (Å²) in [6.07, 6.45) is 3.72. The van der Waals surface area contributed by atoms with E-state index in [9.17, 15) is 22.8 Å². The van der Waals surface area contributed by atoms with E-state index < -0.39 is 22.0 Å².